The average Bonchev–Trinajstić information content (AvgIpc) is 2.80. The largest absolute Gasteiger partial charge is 0.445 e. The van der Waals surface area contributed by atoms with E-state index in [0.29, 0.717) is 25.3 Å². The van der Waals surface area contributed by atoms with Crippen LogP contribution in [0.2, 0.25) is 0 Å². The molecule has 2 aliphatic rings. The first-order valence-electron chi connectivity index (χ1n) is 10.5. The average molecular weight is 405 g/mol. The van der Waals surface area contributed by atoms with E-state index in [1.807, 2.05) is 53.4 Å². The third-order valence-electron chi connectivity index (χ3n) is 6.08. The number of ether oxygens (including phenoxy) is 2. The van der Waals surface area contributed by atoms with Gasteiger partial charge in [0.15, 0.2) is 0 Å². The maximum Gasteiger partial charge on any atom is 0.410 e. The van der Waals surface area contributed by atoms with Gasteiger partial charge in [0.25, 0.3) is 0 Å². The second kappa shape index (κ2) is 9.29. The van der Waals surface area contributed by atoms with Crippen LogP contribution in [0.4, 0.5) is 4.79 Å². The summed E-state index contributed by atoms with van der Waals surface area (Å²) < 4.78 is 11.4. The number of carbonyl (C=O) groups excluding carboxylic acids is 1. The van der Waals surface area contributed by atoms with E-state index in [0.717, 1.165) is 43.6 Å². The number of amides is 1. The maximum atomic E-state index is 12.9. The molecule has 1 amide bonds. The standard InChI is InChI=1S/C24H27N3O3/c25-16-21-7-4-8-22(15-21)17-26-11-9-24(10-12-26)19-29-14-13-27(24)23(28)30-18-20-5-2-1-3-6-20/h1-8,15H,9-14,17-19H2. The highest BCUT2D eigenvalue weighted by molar-refractivity contribution is 5.69. The lowest BCUT2D eigenvalue weighted by molar-refractivity contribution is -0.0871. The van der Waals surface area contributed by atoms with Gasteiger partial charge in [0.05, 0.1) is 30.4 Å². The van der Waals surface area contributed by atoms with Crippen LogP contribution in [-0.4, -0.2) is 54.3 Å². The van der Waals surface area contributed by atoms with Crippen LogP contribution in [0, 0.1) is 11.3 Å². The Hall–Kier alpha value is -2.88. The van der Waals surface area contributed by atoms with Crippen LogP contribution in [0.3, 0.4) is 0 Å². The van der Waals surface area contributed by atoms with Gasteiger partial charge >= 0.3 is 6.09 Å². The number of piperidine rings is 1. The molecule has 0 atom stereocenters. The predicted molar refractivity (Wildman–Crippen MR) is 113 cm³/mol. The van der Waals surface area contributed by atoms with Crippen molar-refractivity contribution in [2.45, 2.75) is 31.5 Å². The summed E-state index contributed by atoms with van der Waals surface area (Å²) in [6.45, 7) is 4.53. The Labute approximate surface area is 177 Å². The molecule has 1 spiro atoms. The number of benzene rings is 2. The Morgan fingerprint density at radius 2 is 1.83 bits per heavy atom. The first kappa shape index (κ1) is 20.4. The van der Waals surface area contributed by atoms with E-state index in [1.54, 1.807) is 0 Å². The molecule has 0 aliphatic carbocycles. The lowest BCUT2D eigenvalue weighted by atomic mass is 9.85. The van der Waals surface area contributed by atoms with E-state index in [1.165, 1.54) is 0 Å². The van der Waals surface area contributed by atoms with Gasteiger partial charge in [0, 0.05) is 26.2 Å². The molecule has 30 heavy (non-hydrogen) atoms. The van der Waals surface area contributed by atoms with Crippen LogP contribution in [0.5, 0.6) is 0 Å². The van der Waals surface area contributed by atoms with Crippen molar-refractivity contribution in [3.63, 3.8) is 0 Å². The Kier molecular flexibility index (Phi) is 6.32. The lowest BCUT2D eigenvalue weighted by Crippen LogP contribution is -2.63. The van der Waals surface area contributed by atoms with Crippen molar-refractivity contribution >= 4 is 6.09 Å². The van der Waals surface area contributed by atoms with E-state index >= 15 is 0 Å². The summed E-state index contributed by atoms with van der Waals surface area (Å²) in [4.78, 5) is 17.2. The highest BCUT2D eigenvalue weighted by Crippen LogP contribution is 2.33. The molecule has 0 bridgehead atoms. The Morgan fingerprint density at radius 3 is 2.60 bits per heavy atom. The number of rotatable bonds is 4. The number of morpholine rings is 1. The molecular weight excluding hydrogens is 378 g/mol. The zero-order valence-electron chi connectivity index (χ0n) is 17.1. The Bertz CT molecular complexity index is 901. The van der Waals surface area contributed by atoms with Crippen molar-refractivity contribution in [1.29, 1.82) is 5.26 Å². The summed E-state index contributed by atoms with van der Waals surface area (Å²) in [7, 11) is 0. The van der Waals surface area contributed by atoms with Crippen LogP contribution in [-0.2, 0) is 22.6 Å². The third-order valence-corrected chi connectivity index (χ3v) is 6.08. The summed E-state index contributed by atoms with van der Waals surface area (Å²) in [5, 5.41) is 9.10. The molecular formula is C24H27N3O3. The van der Waals surface area contributed by atoms with Gasteiger partial charge in [-0.05, 0) is 36.1 Å². The minimum absolute atomic E-state index is 0.252. The van der Waals surface area contributed by atoms with E-state index in [9.17, 15) is 4.79 Å². The molecule has 0 unspecified atom stereocenters. The van der Waals surface area contributed by atoms with Crippen molar-refractivity contribution in [2.75, 3.05) is 32.8 Å². The molecule has 0 aromatic heterocycles. The van der Waals surface area contributed by atoms with Gasteiger partial charge in [-0.2, -0.15) is 5.26 Å². The van der Waals surface area contributed by atoms with Gasteiger partial charge in [0.1, 0.15) is 6.61 Å². The highest BCUT2D eigenvalue weighted by atomic mass is 16.6. The molecule has 2 saturated heterocycles. The maximum absolute atomic E-state index is 12.9. The monoisotopic (exact) mass is 405 g/mol. The van der Waals surface area contributed by atoms with E-state index < -0.39 is 0 Å². The summed E-state index contributed by atoms with van der Waals surface area (Å²) in [6, 6.07) is 19.7. The van der Waals surface area contributed by atoms with Crippen molar-refractivity contribution in [3.05, 3.63) is 71.3 Å². The Morgan fingerprint density at radius 1 is 1.07 bits per heavy atom. The number of hydrogen-bond acceptors (Lipinski definition) is 5. The first-order valence-corrected chi connectivity index (χ1v) is 10.5. The van der Waals surface area contributed by atoms with Crippen LogP contribution < -0.4 is 0 Å². The van der Waals surface area contributed by atoms with Gasteiger partial charge in [0.2, 0.25) is 0 Å². The van der Waals surface area contributed by atoms with E-state index in [2.05, 4.69) is 17.0 Å². The van der Waals surface area contributed by atoms with Gasteiger partial charge in [-0.1, -0.05) is 42.5 Å². The highest BCUT2D eigenvalue weighted by Gasteiger charge is 2.45. The molecule has 0 saturated carbocycles. The van der Waals surface area contributed by atoms with Crippen LogP contribution in [0.25, 0.3) is 0 Å². The van der Waals surface area contributed by atoms with Crippen molar-refractivity contribution in [3.8, 4) is 6.07 Å². The van der Waals surface area contributed by atoms with Gasteiger partial charge in [-0.15, -0.1) is 0 Å². The molecule has 2 aromatic rings. The van der Waals surface area contributed by atoms with E-state index in [4.69, 9.17) is 14.7 Å². The number of carbonyl (C=O) groups is 1. The van der Waals surface area contributed by atoms with Crippen molar-refractivity contribution in [1.82, 2.24) is 9.80 Å². The second-order valence-electron chi connectivity index (χ2n) is 8.06. The van der Waals surface area contributed by atoms with E-state index in [-0.39, 0.29) is 18.2 Å². The smallest absolute Gasteiger partial charge is 0.410 e. The van der Waals surface area contributed by atoms with Crippen LogP contribution in [0.15, 0.2) is 54.6 Å². The second-order valence-corrected chi connectivity index (χ2v) is 8.06. The molecule has 2 aromatic carbocycles. The minimum Gasteiger partial charge on any atom is -0.445 e. The molecule has 4 rings (SSSR count). The number of likely N-dealkylation sites (tertiary alicyclic amines) is 1. The predicted octanol–water partition coefficient (Wildman–Crippen LogP) is 3.56. The summed E-state index contributed by atoms with van der Waals surface area (Å²) in [5.41, 5.74) is 2.53. The fourth-order valence-corrected chi connectivity index (χ4v) is 4.35. The summed E-state index contributed by atoms with van der Waals surface area (Å²) in [5.74, 6) is 0. The van der Waals surface area contributed by atoms with Gasteiger partial charge < -0.3 is 9.47 Å². The first-order chi connectivity index (χ1) is 14.7. The summed E-state index contributed by atoms with van der Waals surface area (Å²) >= 11 is 0. The molecule has 2 fully saturated rings. The normalized spacial score (nSPS) is 18.7. The molecule has 2 aliphatic heterocycles. The number of nitriles is 1. The van der Waals surface area contributed by atoms with Crippen LogP contribution in [0.1, 0.15) is 29.5 Å². The fraction of sp³-hybridized carbons (Fsp3) is 0.417. The summed E-state index contributed by atoms with van der Waals surface area (Å²) in [6.07, 6.45) is 1.45. The van der Waals surface area contributed by atoms with Crippen molar-refractivity contribution in [2.24, 2.45) is 0 Å². The molecule has 6 heteroatoms. The number of nitrogens with zero attached hydrogens (tertiary/aromatic N) is 3. The fourth-order valence-electron chi connectivity index (χ4n) is 4.35. The van der Waals surface area contributed by atoms with Gasteiger partial charge in [-0.25, -0.2) is 4.79 Å². The molecule has 156 valence electrons. The Balaban J connectivity index is 1.36. The lowest BCUT2D eigenvalue weighted by Gasteiger charge is -2.50. The number of hydrogen-bond donors (Lipinski definition) is 0. The van der Waals surface area contributed by atoms with Gasteiger partial charge in [-0.3, -0.25) is 9.80 Å². The van der Waals surface area contributed by atoms with Crippen molar-refractivity contribution < 1.29 is 14.3 Å². The minimum atomic E-state index is -0.295. The molecule has 2 heterocycles. The van der Waals surface area contributed by atoms with Crippen LogP contribution >= 0.6 is 0 Å². The zero-order valence-corrected chi connectivity index (χ0v) is 17.1. The quantitative estimate of drug-likeness (QED) is 0.778. The SMILES string of the molecule is N#Cc1cccc(CN2CCC3(CC2)COCCN3C(=O)OCc2ccccc2)c1. The topological polar surface area (TPSA) is 65.8 Å². The molecule has 0 N–H and O–H groups in total. The molecule has 6 nitrogen and oxygen atoms in total. The zero-order chi connectivity index (χ0) is 20.8. The molecule has 0 radical (unpaired) electrons. The third kappa shape index (κ3) is 4.64.